The van der Waals surface area contributed by atoms with E-state index in [-0.39, 0.29) is 12.1 Å². The van der Waals surface area contributed by atoms with E-state index in [0.717, 1.165) is 0 Å². The molecule has 1 heterocycles. The molecule has 26 heavy (non-hydrogen) atoms. The molecule has 2 rings (SSSR count). The number of allylic oxidation sites excluding steroid dienone is 2. The van der Waals surface area contributed by atoms with Crippen LogP contribution in [0.15, 0.2) is 53.9 Å². The molecule has 0 radical (unpaired) electrons. The fourth-order valence-corrected chi connectivity index (χ4v) is 11.5. The molecule has 1 atom stereocenters. The van der Waals surface area contributed by atoms with Crippen LogP contribution in [-0.4, -0.2) is 25.1 Å². The number of hydrogen-bond acceptors (Lipinski definition) is 2. The van der Waals surface area contributed by atoms with Gasteiger partial charge >= 0.3 is 6.09 Å². The highest BCUT2D eigenvalue weighted by atomic mass is 28.3. The third kappa shape index (κ3) is 3.80. The summed E-state index contributed by atoms with van der Waals surface area (Å²) in [5.74, 6) is 0.578. The molecule has 0 spiro atoms. The number of hydrogen-bond donors (Lipinski definition) is 0. The number of benzene rings is 1. The van der Waals surface area contributed by atoms with Crippen molar-refractivity contribution in [1.82, 2.24) is 4.90 Å². The van der Waals surface area contributed by atoms with Crippen molar-refractivity contribution in [2.45, 2.75) is 71.1 Å². The van der Waals surface area contributed by atoms with Crippen molar-refractivity contribution in [3.63, 3.8) is 0 Å². The number of rotatable bonds is 5. The monoisotopic (exact) mass is 371 g/mol. The summed E-state index contributed by atoms with van der Waals surface area (Å²) in [5, 5.41) is 1.35. The number of ether oxygens (including phenoxy) is 1. The van der Waals surface area contributed by atoms with E-state index in [1.54, 1.807) is 4.90 Å². The van der Waals surface area contributed by atoms with Gasteiger partial charge in [-0.15, -0.1) is 0 Å². The summed E-state index contributed by atoms with van der Waals surface area (Å²) < 4.78 is 5.59. The average Bonchev–Trinajstić information content (AvgIpc) is 2.56. The van der Waals surface area contributed by atoms with Gasteiger partial charge in [-0.05, 0) is 40.9 Å². The predicted octanol–water partition coefficient (Wildman–Crippen LogP) is 6.55. The summed E-state index contributed by atoms with van der Waals surface area (Å²) in [4.78, 5) is 14.5. The number of nitrogens with zero attached hydrogens (tertiary/aromatic N) is 1. The lowest BCUT2D eigenvalue weighted by molar-refractivity contribution is 0.163. The highest BCUT2D eigenvalue weighted by Gasteiger charge is 2.46. The molecule has 142 valence electrons. The molecule has 1 amide bonds. The van der Waals surface area contributed by atoms with E-state index in [9.17, 15) is 4.79 Å². The molecule has 3 nitrogen and oxygen atoms in total. The Morgan fingerprint density at radius 2 is 1.54 bits per heavy atom. The lowest BCUT2D eigenvalue weighted by Crippen LogP contribution is -2.49. The van der Waals surface area contributed by atoms with Crippen molar-refractivity contribution in [1.29, 1.82) is 0 Å². The minimum atomic E-state index is -1.81. The first-order valence-corrected chi connectivity index (χ1v) is 11.9. The molecule has 0 saturated heterocycles. The van der Waals surface area contributed by atoms with Crippen LogP contribution in [0, 0.1) is 0 Å². The first kappa shape index (κ1) is 20.5. The van der Waals surface area contributed by atoms with Crippen molar-refractivity contribution >= 4 is 14.2 Å². The third-order valence-electron chi connectivity index (χ3n) is 5.80. The zero-order valence-electron chi connectivity index (χ0n) is 17.2. The Balaban J connectivity index is 2.38. The average molecular weight is 372 g/mol. The highest BCUT2D eigenvalue weighted by Crippen LogP contribution is 2.47. The minimum Gasteiger partial charge on any atom is -0.410 e. The van der Waals surface area contributed by atoms with Crippen LogP contribution in [0.3, 0.4) is 0 Å². The third-order valence-corrected chi connectivity index (χ3v) is 12.8. The fraction of sp³-hybridized carbons (Fsp3) is 0.500. The molecule has 1 aliphatic rings. The summed E-state index contributed by atoms with van der Waals surface area (Å²) in [5.41, 5.74) is 1.79. The Morgan fingerprint density at radius 3 is 2.04 bits per heavy atom. The molecule has 0 aromatic heterocycles. The van der Waals surface area contributed by atoms with Crippen molar-refractivity contribution in [2.24, 2.45) is 0 Å². The Labute approximate surface area is 159 Å². The zero-order valence-corrected chi connectivity index (χ0v) is 18.2. The molecule has 0 fully saturated rings. The van der Waals surface area contributed by atoms with Crippen LogP contribution in [0.1, 0.15) is 48.5 Å². The van der Waals surface area contributed by atoms with Crippen molar-refractivity contribution in [3.05, 3.63) is 53.9 Å². The maximum absolute atomic E-state index is 12.8. The van der Waals surface area contributed by atoms with Gasteiger partial charge in [-0.2, -0.15) is 0 Å². The Morgan fingerprint density at radius 1 is 1.00 bits per heavy atom. The molecule has 1 unspecified atom stereocenters. The summed E-state index contributed by atoms with van der Waals surface area (Å²) in [7, 11) is -1.81. The Kier molecular flexibility index (Phi) is 6.51. The zero-order chi connectivity index (χ0) is 19.5. The summed E-state index contributed by atoms with van der Waals surface area (Å²) in [6.45, 7) is 16.1. The number of carbonyl (C=O) groups excluding carboxylic acids is 1. The molecule has 0 saturated carbocycles. The van der Waals surface area contributed by atoms with E-state index in [4.69, 9.17) is 4.74 Å². The number of para-hydroxylation sites is 1. The molecule has 0 bridgehead atoms. The van der Waals surface area contributed by atoms with E-state index < -0.39 is 8.07 Å². The van der Waals surface area contributed by atoms with Gasteiger partial charge in [-0.25, -0.2) is 4.79 Å². The Bertz CT molecular complexity index is 655. The molecular weight excluding hydrogens is 338 g/mol. The standard InChI is InChI=1S/C22H33NO2Si/c1-16(2)26(17(3)4,18(5)6)21-14-13-19(7)23(15-21)22(24)25-20-11-9-8-10-12-20/h8-19H,1-7H3. The fourth-order valence-electron chi connectivity index (χ4n) is 4.76. The summed E-state index contributed by atoms with van der Waals surface area (Å²) in [6, 6.07) is 9.27. The predicted molar refractivity (Wildman–Crippen MR) is 112 cm³/mol. The maximum atomic E-state index is 12.8. The van der Waals surface area contributed by atoms with Crippen LogP contribution in [0.5, 0.6) is 5.75 Å². The normalized spacial score (nSPS) is 17.8. The van der Waals surface area contributed by atoms with E-state index in [1.807, 2.05) is 37.3 Å². The highest BCUT2D eigenvalue weighted by molar-refractivity contribution is 6.90. The van der Waals surface area contributed by atoms with Gasteiger partial charge in [0, 0.05) is 6.20 Å². The minimum absolute atomic E-state index is 0.00634. The van der Waals surface area contributed by atoms with Crippen molar-refractivity contribution in [3.8, 4) is 5.75 Å². The van der Waals surface area contributed by atoms with Crippen LogP contribution in [-0.2, 0) is 0 Å². The molecule has 1 aromatic carbocycles. The van der Waals surface area contributed by atoms with Crippen molar-refractivity contribution in [2.75, 3.05) is 0 Å². The quantitative estimate of drug-likeness (QED) is 0.549. The van der Waals surface area contributed by atoms with Crippen LogP contribution >= 0.6 is 0 Å². The molecular formula is C22H33NO2Si. The van der Waals surface area contributed by atoms with Gasteiger partial charge in [0.25, 0.3) is 0 Å². The lowest BCUT2D eigenvalue weighted by Gasteiger charge is -2.46. The largest absolute Gasteiger partial charge is 0.419 e. The number of carbonyl (C=O) groups is 1. The van der Waals surface area contributed by atoms with Crippen LogP contribution in [0.4, 0.5) is 4.79 Å². The van der Waals surface area contributed by atoms with Gasteiger partial charge in [0.05, 0.1) is 14.1 Å². The molecule has 0 N–H and O–H groups in total. The second-order valence-corrected chi connectivity index (χ2v) is 14.1. The van der Waals surface area contributed by atoms with Crippen molar-refractivity contribution < 1.29 is 9.53 Å². The molecule has 1 aromatic rings. The van der Waals surface area contributed by atoms with Crippen LogP contribution in [0.25, 0.3) is 0 Å². The van der Waals surface area contributed by atoms with E-state index in [2.05, 4.69) is 59.9 Å². The molecule has 1 aliphatic heterocycles. The van der Waals surface area contributed by atoms with E-state index in [0.29, 0.717) is 22.4 Å². The first-order chi connectivity index (χ1) is 12.2. The van der Waals surface area contributed by atoms with Gasteiger partial charge in [0.15, 0.2) is 0 Å². The van der Waals surface area contributed by atoms with Crippen LogP contribution in [0.2, 0.25) is 16.6 Å². The second-order valence-electron chi connectivity index (χ2n) is 8.17. The van der Waals surface area contributed by atoms with Crippen LogP contribution < -0.4 is 4.74 Å². The molecule has 4 heteroatoms. The first-order valence-electron chi connectivity index (χ1n) is 9.66. The van der Waals surface area contributed by atoms with Gasteiger partial charge in [0.1, 0.15) is 5.75 Å². The van der Waals surface area contributed by atoms with Gasteiger partial charge < -0.3 is 4.74 Å². The SMILES string of the molecule is CC1C=CC([Si](C(C)C)(C(C)C)C(C)C)=CN1C(=O)Oc1ccccc1. The topological polar surface area (TPSA) is 29.5 Å². The summed E-state index contributed by atoms with van der Waals surface area (Å²) >= 11 is 0. The lowest BCUT2D eigenvalue weighted by atomic mass is 10.2. The van der Waals surface area contributed by atoms with E-state index >= 15 is 0 Å². The second kappa shape index (κ2) is 8.25. The van der Waals surface area contributed by atoms with Gasteiger partial charge in [-0.3, -0.25) is 4.90 Å². The van der Waals surface area contributed by atoms with E-state index in [1.165, 1.54) is 5.20 Å². The maximum Gasteiger partial charge on any atom is 0.419 e. The smallest absolute Gasteiger partial charge is 0.410 e. The number of amides is 1. The van der Waals surface area contributed by atoms with Gasteiger partial charge in [-0.1, -0.05) is 71.9 Å². The molecule has 0 aliphatic carbocycles. The summed E-state index contributed by atoms with van der Waals surface area (Å²) in [6.07, 6.45) is 6.16. The van der Waals surface area contributed by atoms with Gasteiger partial charge in [0.2, 0.25) is 0 Å². The Hall–Kier alpha value is -1.81.